The first-order chi connectivity index (χ1) is 17.3. The number of nitrogens with two attached hydrogens (primary N) is 1. The lowest BCUT2D eigenvalue weighted by molar-refractivity contribution is -0.139. The number of nitrogens with one attached hydrogen (secondary N) is 2. The van der Waals surface area contributed by atoms with Gasteiger partial charge >= 0.3 is 6.09 Å². The van der Waals surface area contributed by atoms with E-state index in [0.717, 1.165) is 21.6 Å². The summed E-state index contributed by atoms with van der Waals surface area (Å²) in [5.74, 6) is -2.23. The molecule has 0 saturated heterocycles. The summed E-state index contributed by atoms with van der Waals surface area (Å²) in [4.78, 5) is 52.2. The maximum Gasteiger partial charge on any atom is 0.408 e. The maximum absolute atomic E-state index is 13.6. The molecule has 0 radical (unpaired) electrons. The molecule has 2 atom stereocenters. The molecule has 2 rings (SSSR count). The average Bonchev–Trinajstić information content (AvgIpc) is 2.81. The third-order valence-corrected chi connectivity index (χ3v) is 5.32. The van der Waals surface area contributed by atoms with Gasteiger partial charge < -0.3 is 21.1 Å². The zero-order valence-electron chi connectivity index (χ0n) is 21.8. The first-order valence-electron chi connectivity index (χ1n) is 11.8. The van der Waals surface area contributed by atoms with Crippen molar-refractivity contribution in [3.63, 3.8) is 0 Å². The molecule has 4 amide bonds. The molecule has 0 heterocycles. The molecule has 37 heavy (non-hydrogen) atoms. The van der Waals surface area contributed by atoms with Crippen LogP contribution in [0.4, 0.5) is 4.79 Å². The van der Waals surface area contributed by atoms with Gasteiger partial charge in [-0.1, -0.05) is 60.5 Å². The van der Waals surface area contributed by atoms with Crippen LogP contribution in [0, 0.1) is 26.3 Å². The van der Waals surface area contributed by atoms with Gasteiger partial charge in [0, 0.05) is 12.6 Å². The predicted octanol–water partition coefficient (Wildman–Crippen LogP) is 2.85. The number of aryl methyl sites for hydroxylation is 2. The Hall–Kier alpha value is -4.32. The van der Waals surface area contributed by atoms with Crippen molar-refractivity contribution in [1.82, 2.24) is 15.5 Å². The first-order valence-corrected chi connectivity index (χ1v) is 11.8. The SMILES string of the molecule is C#CN(C(=O)C(CC(N)=O)NC(=O)OC(C)(C)C)C(C(=O)NCc1ccccc1)c1cc(C)ccc1C. The van der Waals surface area contributed by atoms with Gasteiger partial charge in [-0.25, -0.2) is 4.79 Å². The number of nitrogens with zero attached hydrogens (tertiary/aromatic N) is 1. The molecule has 9 heteroatoms. The normalized spacial score (nSPS) is 12.4. The van der Waals surface area contributed by atoms with Gasteiger partial charge in [-0.2, -0.15) is 0 Å². The molecule has 2 aromatic rings. The van der Waals surface area contributed by atoms with Crippen molar-refractivity contribution in [3.05, 3.63) is 70.8 Å². The highest BCUT2D eigenvalue weighted by Gasteiger charge is 2.37. The Kier molecular flexibility index (Phi) is 9.83. The highest BCUT2D eigenvalue weighted by atomic mass is 16.6. The second-order valence-corrected chi connectivity index (χ2v) is 9.67. The summed E-state index contributed by atoms with van der Waals surface area (Å²) in [5, 5.41) is 5.20. The van der Waals surface area contributed by atoms with E-state index < -0.39 is 47.9 Å². The Balaban J connectivity index is 2.45. The number of benzene rings is 2. The van der Waals surface area contributed by atoms with Gasteiger partial charge in [0.05, 0.1) is 6.42 Å². The molecule has 196 valence electrons. The second kappa shape index (κ2) is 12.6. The Morgan fingerprint density at radius 1 is 1.08 bits per heavy atom. The van der Waals surface area contributed by atoms with E-state index in [1.165, 1.54) is 0 Å². The number of ether oxygens (including phenoxy) is 1. The van der Waals surface area contributed by atoms with E-state index in [1.54, 1.807) is 33.8 Å². The van der Waals surface area contributed by atoms with Crippen LogP contribution in [0.3, 0.4) is 0 Å². The van der Waals surface area contributed by atoms with Crippen LogP contribution in [0.15, 0.2) is 48.5 Å². The van der Waals surface area contributed by atoms with Gasteiger partial charge in [0.15, 0.2) is 0 Å². The zero-order chi connectivity index (χ0) is 27.8. The molecule has 9 nitrogen and oxygen atoms in total. The number of amides is 4. The van der Waals surface area contributed by atoms with E-state index in [4.69, 9.17) is 16.9 Å². The molecule has 2 aromatic carbocycles. The summed E-state index contributed by atoms with van der Waals surface area (Å²) in [6.07, 6.45) is 4.29. The van der Waals surface area contributed by atoms with Gasteiger partial charge in [-0.15, -0.1) is 0 Å². The van der Waals surface area contributed by atoms with Crippen LogP contribution < -0.4 is 16.4 Å². The van der Waals surface area contributed by atoms with E-state index in [2.05, 4.69) is 16.7 Å². The van der Waals surface area contributed by atoms with Crippen molar-refractivity contribution in [2.24, 2.45) is 5.73 Å². The van der Waals surface area contributed by atoms with Crippen LogP contribution in [0.5, 0.6) is 0 Å². The third kappa shape index (κ3) is 8.69. The van der Waals surface area contributed by atoms with E-state index in [0.29, 0.717) is 5.56 Å². The molecule has 0 bridgehead atoms. The van der Waals surface area contributed by atoms with Crippen LogP contribution in [-0.2, 0) is 25.7 Å². The largest absolute Gasteiger partial charge is 0.444 e. The van der Waals surface area contributed by atoms with E-state index in [1.807, 2.05) is 49.4 Å². The van der Waals surface area contributed by atoms with Crippen LogP contribution >= 0.6 is 0 Å². The second-order valence-electron chi connectivity index (χ2n) is 9.67. The average molecular weight is 507 g/mol. The highest BCUT2D eigenvalue weighted by molar-refractivity contribution is 5.95. The number of terminal acetylenes is 1. The fourth-order valence-corrected chi connectivity index (χ4v) is 3.62. The fraction of sp³-hybridized carbons (Fsp3) is 0.357. The molecule has 0 saturated carbocycles. The Morgan fingerprint density at radius 3 is 2.30 bits per heavy atom. The van der Waals surface area contributed by atoms with Crippen LogP contribution in [0.2, 0.25) is 0 Å². The lowest BCUT2D eigenvalue weighted by Gasteiger charge is -2.31. The monoisotopic (exact) mass is 506 g/mol. The van der Waals surface area contributed by atoms with Gasteiger partial charge in [0.25, 0.3) is 5.91 Å². The molecule has 4 N–H and O–H groups in total. The molecule has 0 aliphatic carbocycles. The number of hydrogen-bond donors (Lipinski definition) is 3. The van der Waals surface area contributed by atoms with Crippen molar-refractivity contribution in [1.29, 1.82) is 0 Å². The van der Waals surface area contributed by atoms with Crippen molar-refractivity contribution < 1.29 is 23.9 Å². The minimum absolute atomic E-state index is 0.203. The van der Waals surface area contributed by atoms with Crippen molar-refractivity contribution >= 4 is 23.8 Å². The lowest BCUT2D eigenvalue weighted by Crippen LogP contribution is -2.52. The van der Waals surface area contributed by atoms with Crippen LogP contribution in [0.25, 0.3) is 0 Å². The summed E-state index contributed by atoms with van der Waals surface area (Å²) in [7, 11) is 0. The van der Waals surface area contributed by atoms with Gasteiger partial charge in [0.2, 0.25) is 11.8 Å². The number of carbonyl (C=O) groups is 4. The lowest BCUT2D eigenvalue weighted by atomic mass is 9.96. The first kappa shape index (κ1) is 28.9. The molecule has 0 aliphatic rings. The number of primary amides is 1. The quantitative estimate of drug-likeness (QED) is 0.356. The zero-order valence-corrected chi connectivity index (χ0v) is 21.8. The summed E-state index contributed by atoms with van der Waals surface area (Å²) in [6, 6.07) is 14.3. The molecular weight excluding hydrogens is 472 g/mol. The molecule has 0 spiro atoms. The minimum atomic E-state index is -1.45. The van der Waals surface area contributed by atoms with Crippen molar-refractivity contribution in [3.8, 4) is 12.5 Å². The van der Waals surface area contributed by atoms with Gasteiger partial charge in [-0.05, 0) is 51.3 Å². The van der Waals surface area contributed by atoms with E-state index in [-0.39, 0.29) is 6.54 Å². The van der Waals surface area contributed by atoms with Gasteiger partial charge in [-0.3, -0.25) is 19.3 Å². The van der Waals surface area contributed by atoms with Crippen LogP contribution in [-0.4, -0.2) is 40.4 Å². The summed E-state index contributed by atoms with van der Waals surface area (Å²) in [6.45, 7) is 8.81. The fourth-order valence-electron chi connectivity index (χ4n) is 3.62. The van der Waals surface area contributed by atoms with E-state index in [9.17, 15) is 19.2 Å². The third-order valence-electron chi connectivity index (χ3n) is 5.32. The van der Waals surface area contributed by atoms with Gasteiger partial charge in [0.1, 0.15) is 17.7 Å². The maximum atomic E-state index is 13.6. The summed E-state index contributed by atoms with van der Waals surface area (Å²) >= 11 is 0. The van der Waals surface area contributed by atoms with Crippen molar-refractivity contribution in [2.45, 2.75) is 65.3 Å². The predicted molar refractivity (Wildman–Crippen MR) is 140 cm³/mol. The molecular formula is C28H34N4O5. The summed E-state index contributed by atoms with van der Waals surface area (Å²) < 4.78 is 5.22. The topological polar surface area (TPSA) is 131 Å². The molecule has 0 aliphatic heterocycles. The number of alkyl carbamates (subject to hydrolysis) is 1. The number of hydrogen-bond acceptors (Lipinski definition) is 5. The molecule has 0 fully saturated rings. The Labute approximate surface area is 217 Å². The number of carbonyl (C=O) groups excluding carboxylic acids is 4. The number of rotatable bonds is 9. The van der Waals surface area contributed by atoms with E-state index >= 15 is 0 Å². The highest BCUT2D eigenvalue weighted by Crippen LogP contribution is 2.26. The van der Waals surface area contributed by atoms with Crippen molar-refractivity contribution in [2.75, 3.05) is 0 Å². The molecule has 2 unspecified atom stereocenters. The minimum Gasteiger partial charge on any atom is -0.444 e. The Bertz CT molecular complexity index is 1180. The standard InChI is InChI=1S/C28H34N4O5/c1-7-32(26(35)22(16-23(29)33)31-27(36)37-28(4,5)6)24(21-15-18(2)13-14-19(21)3)25(34)30-17-20-11-9-8-10-12-20/h1,8-15,22,24H,16-17H2,2-6H3,(H2,29,33)(H,30,34)(H,31,36). The summed E-state index contributed by atoms with van der Waals surface area (Å²) in [5.41, 5.74) is 7.43. The Morgan fingerprint density at radius 2 is 1.73 bits per heavy atom. The van der Waals surface area contributed by atoms with Crippen LogP contribution in [0.1, 0.15) is 55.5 Å². The molecule has 0 aromatic heterocycles. The smallest absolute Gasteiger partial charge is 0.408 e.